The van der Waals surface area contributed by atoms with Crippen LogP contribution in [0.1, 0.15) is 55.2 Å². The summed E-state index contributed by atoms with van der Waals surface area (Å²) in [5.41, 5.74) is 2.81. The average molecular weight is 473 g/mol. The number of hydrogen-bond donors (Lipinski definition) is 0. The molecule has 2 aliphatic rings. The molecule has 6 heteroatoms. The van der Waals surface area contributed by atoms with Crippen molar-refractivity contribution in [3.63, 3.8) is 0 Å². The molecule has 1 unspecified atom stereocenters. The molecular formula is C29H29FN2O3. The van der Waals surface area contributed by atoms with Gasteiger partial charge in [0.15, 0.2) is 0 Å². The number of hydrogen-bond acceptors (Lipinski definition) is 4. The molecule has 1 aliphatic heterocycles. The molecule has 3 aromatic rings. The Morgan fingerprint density at radius 2 is 1.91 bits per heavy atom. The average Bonchev–Trinajstić information content (AvgIpc) is 3.28. The molecule has 0 radical (unpaired) electrons. The number of halogens is 1. The lowest BCUT2D eigenvalue weighted by Gasteiger charge is -2.35. The summed E-state index contributed by atoms with van der Waals surface area (Å²) in [6, 6.07) is 15.9. The molecule has 35 heavy (non-hydrogen) atoms. The quantitative estimate of drug-likeness (QED) is 0.381. The third-order valence-corrected chi connectivity index (χ3v) is 7.55. The Hall–Kier alpha value is -3.54. The molecule has 1 aliphatic carbocycles. The third-order valence-electron chi connectivity index (χ3n) is 7.55. The fraction of sp³-hybridized carbons (Fsp3) is 0.345. The summed E-state index contributed by atoms with van der Waals surface area (Å²) >= 11 is 0. The summed E-state index contributed by atoms with van der Waals surface area (Å²) in [4.78, 5) is 32.0. The zero-order chi connectivity index (χ0) is 24.4. The van der Waals surface area contributed by atoms with E-state index in [0.29, 0.717) is 6.42 Å². The topological polar surface area (TPSA) is 59.5 Å². The summed E-state index contributed by atoms with van der Waals surface area (Å²) in [5.74, 6) is -0.334. The van der Waals surface area contributed by atoms with E-state index in [1.807, 2.05) is 36.4 Å². The van der Waals surface area contributed by atoms with E-state index in [2.05, 4.69) is 11.6 Å². The predicted octanol–water partition coefficient (Wildman–Crippen LogP) is 6.56. The van der Waals surface area contributed by atoms with Gasteiger partial charge in [-0.05, 0) is 79.3 Å². The number of imide groups is 1. The van der Waals surface area contributed by atoms with E-state index in [1.165, 1.54) is 11.0 Å². The molecule has 0 N–H and O–H groups in total. The Bertz CT molecular complexity index is 1240. The lowest BCUT2D eigenvalue weighted by atomic mass is 9.72. The van der Waals surface area contributed by atoms with Crippen molar-refractivity contribution in [3.05, 3.63) is 90.4 Å². The number of pyridine rings is 1. The van der Waals surface area contributed by atoms with Crippen molar-refractivity contribution < 1.29 is 18.7 Å². The largest absolute Gasteiger partial charge is 0.446 e. The maximum Gasteiger partial charge on any atom is 0.417 e. The van der Waals surface area contributed by atoms with Crippen LogP contribution in [0.25, 0.3) is 10.9 Å². The molecule has 1 saturated carbocycles. The molecule has 2 amide bonds. The Kier molecular flexibility index (Phi) is 6.62. The van der Waals surface area contributed by atoms with Crippen LogP contribution in [0.3, 0.4) is 0 Å². The minimum absolute atomic E-state index is 0.145. The maximum absolute atomic E-state index is 13.9. The van der Waals surface area contributed by atoms with E-state index in [-0.39, 0.29) is 36.1 Å². The first-order valence-corrected chi connectivity index (χ1v) is 12.3. The van der Waals surface area contributed by atoms with Gasteiger partial charge in [-0.15, -0.1) is 6.58 Å². The lowest BCUT2D eigenvalue weighted by Crippen LogP contribution is -2.41. The molecule has 180 valence electrons. The van der Waals surface area contributed by atoms with Crippen molar-refractivity contribution in [1.29, 1.82) is 0 Å². The van der Waals surface area contributed by atoms with E-state index in [4.69, 9.17) is 4.74 Å². The van der Waals surface area contributed by atoms with Crippen LogP contribution in [0.2, 0.25) is 0 Å². The fourth-order valence-electron chi connectivity index (χ4n) is 5.77. The molecule has 2 atom stereocenters. The fourth-order valence-corrected chi connectivity index (χ4v) is 5.77. The summed E-state index contributed by atoms with van der Waals surface area (Å²) < 4.78 is 19.2. The summed E-state index contributed by atoms with van der Waals surface area (Å²) in [5, 5.41) is 0.861. The SMILES string of the molecule is C=CCC(C(=O)N1C(=O)OC[C@H]1c1ccccc1)[C@H]1CC[C@@H](c2ccnc3ccc(F)cc32)CC1. The molecule has 5 nitrogen and oxygen atoms in total. The second-order valence-corrected chi connectivity index (χ2v) is 9.52. The van der Waals surface area contributed by atoms with Crippen molar-refractivity contribution in [2.75, 3.05) is 6.61 Å². The van der Waals surface area contributed by atoms with Crippen LogP contribution in [0.15, 0.2) is 73.4 Å². The van der Waals surface area contributed by atoms with Crippen molar-refractivity contribution in [1.82, 2.24) is 9.88 Å². The minimum Gasteiger partial charge on any atom is -0.446 e. The Balaban J connectivity index is 1.34. The molecule has 1 saturated heterocycles. The van der Waals surface area contributed by atoms with Crippen LogP contribution in [0.4, 0.5) is 9.18 Å². The number of benzene rings is 2. The number of aromatic nitrogens is 1. The number of carbonyl (C=O) groups is 2. The van der Waals surface area contributed by atoms with Gasteiger partial charge in [0.25, 0.3) is 0 Å². The number of ether oxygens (including phenoxy) is 1. The number of nitrogens with zero attached hydrogens (tertiary/aromatic N) is 2. The standard InChI is InChI=1S/C29H29FN2O3/c1-2-6-24(28(33)32-27(18-35-29(32)34)21-7-4-3-5-8-21)20-11-9-19(10-12-20)23-15-16-31-26-14-13-22(30)17-25(23)26/h2-5,7-8,13-17,19-20,24,27H,1,6,9-12,18H2/t19-,20+,24?,27-/m0/s1. The van der Waals surface area contributed by atoms with Crippen LogP contribution in [-0.4, -0.2) is 28.5 Å². The van der Waals surface area contributed by atoms with Gasteiger partial charge in [-0.1, -0.05) is 36.4 Å². The van der Waals surface area contributed by atoms with Gasteiger partial charge in [0, 0.05) is 17.5 Å². The Morgan fingerprint density at radius 1 is 1.14 bits per heavy atom. The first-order valence-electron chi connectivity index (χ1n) is 12.3. The van der Waals surface area contributed by atoms with Gasteiger partial charge in [0.2, 0.25) is 5.91 Å². The van der Waals surface area contributed by atoms with Gasteiger partial charge in [0.05, 0.1) is 5.52 Å². The second-order valence-electron chi connectivity index (χ2n) is 9.52. The highest BCUT2D eigenvalue weighted by molar-refractivity contribution is 5.95. The summed E-state index contributed by atoms with van der Waals surface area (Å²) in [6.07, 6.45) is 7.00. The van der Waals surface area contributed by atoms with Crippen molar-refractivity contribution in [3.8, 4) is 0 Å². The first-order chi connectivity index (χ1) is 17.1. The Labute approximate surface area is 204 Å². The molecule has 2 heterocycles. The molecule has 1 aromatic heterocycles. The number of carbonyl (C=O) groups excluding carboxylic acids is 2. The van der Waals surface area contributed by atoms with Crippen molar-refractivity contribution in [2.45, 2.75) is 44.1 Å². The summed E-state index contributed by atoms with van der Waals surface area (Å²) in [6.45, 7) is 4.05. The number of amides is 2. The van der Waals surface area contributed by atoms with E-state index >= 15 is 0 Å². The van der Waals surface area contributed by atoms with Crippen LogP contribution < -0.4 is 0 Å². The van der Waals surface area contributed by atoms with Gasteiger partial charge >= 0.3 is 6.09 Å². The van der Waals surface area contributed by atoms with Crippen LogP contribution in [0.5, 0.6) is 0 Å². The highest BCUT2D eigenvalue weighted by Gasteiger charge is 2.43. The monoisotopic (exact) mass is 472 g/mol. The first kappa shape index (κ1) is 23.2. The lowest BCUT2D eigenvalue weighted by molar-refractivity contribution is -0.135. The molecule has 5 rings (SSSR count). The van der Waals surface area contributed by atoms with Crippen molar-refractivity contribution >= 4 is 22.9 Å². The van der Waals surface area contributed by atoms with Crippen LogP contribution in [-0.2, 0) is 9.53 Å². The molecular weight excluding hydrogens is 443 g/mol. The zero-order valence-electron chi connectivity index (χ0n) is 19.6. The molecule has 0 bridgehead atoms. The molecule has 2 fully saturated rings. The van der Waals surface area contributed by atoms with Gasteiger partial charge in [-0.2, -0.15) is 0 Å². The van der Waals surface area contributed by atoms with E-state index < -0.39 is 12.1 Å². The van der Waals surface area contributed by atoms with E-state index in [9.17, 15) is 14.0 Å². The third kappa shape index (κ3) is 4.57. The molecule has 2 aromatic carbocycles. The highest BCUT2D eigenvalue weighted by Crippen LogP contribution is 2.43. The van der Waals surface area contributed by atoms with Gasteiger partial charge in [-0.25, -0.2) is 14.1 Å². The number of rotatable bonds is 6. The molecule has 0 spiro atoms. The van der Waals surface area contributed by atoms with Crippen molar-refractivity contribution in [2.24, 2.45) is 11.8 Å². The van der Waals surface area contributed by atoms with Crippen LogP contribution >= 0.6 is 0 Å². The van der Waals surface area contributed by atoms with Gasteiger partial charge in [-0.3, -0.25) is 9.78 Å². The maximum atomic E-state index is 13.9. The smallest absolute Gasteiger partial charge is 0.417 e. The van der Waals surface area contributed by atoms with E-state index in [0.717, 1.165) is 47.7 Å². The van der Waals surface area contributed by atoms with Gasteiger partial charge < -0.3 is 4.74 Å². The zero-order valence-corrected chi connectivity index (χ0v) is 19.6. The summed E-state index contributed by atoms with van der Waals surface area (Å²) in [7, 11) is 0. The second kappa shape index (κ2) is 9.98. The predicted molar refractivity (Wildman–Crippen MR) is 132 cm³/mol. The van der Waals surface area contributed by atoms with E-state index in [1.54, 1.807) is 24.4 Å². The number of fused-ring (bicyclic) bond motifs is 1. The minimum atomic E-state index is -0.572. The van der Waals surface area contributed by atoms with Crippen LogP contribution in [0, 0.1) is 17.7 Å². The normalized spacial score (nSPS) is 23.2. The Morgan fingerprint density at radius 3 is 2.66 bits per heavy atom. The number of cyclic esters (lactones) is 1. The van der Waals surface area contributed by atoms with Gasteiger partial charge in [0.1, 0.15) is 18.5 Å². The highest BCUT2D eigenvalue weighted by atomic mass is 19.1. The number of allylic oxidation sites excluding steroid dienone is 1.